The number of methoxy groups -OCH3 is 3. The zero-order chi connectivity index (χ0) is 30.4. The molecule has 1 aromatic heterocycles. The summed E-state index contributed by atoms with van der Waals surface area (Å²) in [7, 11) is 4.45. The maximum absolute atomic E-state index is 13.8. The highest BCUT2D eigenvalue weighted by Gasteiger charge is 2.49. The molecule has 2 aliphatic rings. The fourth-order valence-electron chi connectivity index (χ4n) is 5.58. The Morgan fingerprint density at radius 3 is 2.47 bits per heavy atom. The number of fused-ring (bicyclic) bond motifs is 2. The van der Waals surface area contributed by atoms with Crippen LogP contribution in [0.1, 0.15) is 36.6 Å². The van der Waals surface area contributed by atoms with Gasteiger partial charge in [-0.25, -0.2) is 4.98 Å². The number of carbonyl (C=O) groups excluding carboxylic acids is 2. The highest BCUT2D eigenvalue weighted by Crippen LogP contribution is 2.48. The summed E-state index contributed by atoms with van der Waals surface area (Å²) >= 11 is 1.25. The van der Waals surface area contributed by atoms with E-state index >= 15 is 0 Å². The van der Waals surface area contributed by atoms with Gasteiger partial charge in [-0.2, -0.15) is 0 Å². The number of hydrogen-bond acceptors (Lipinski definition) is 10. The molecule has 3 aromatic carbocycles. The maximum atomic E-state index is 13.8. The van der Waals surface area contributed by atoms with Crippen LogP contribution in [0, 0.1) is 0 Å². The third kappa shape index (κ3) is 4.79. The maximum Gasteiger partial charge on any atom is 0.301 e. The Balaban J connectivity index is 1.56. The lowest BCUT2D eigenvalue weighted by Crippen LogP contribution is -2.29. The summed E-state index contributed by atoms with van der Waals surface area (Å²) in [6.07, 6.45) is 0.663. The standard InChI is InChI=1S/C32H30N2O8S/c1-6-41-20-8-9-21-25(15-20)43-32(33-21)34-27(19-13-23(38-3)30(40-5)24(14-19)39-4)26(29(36)31(34)37)28(35)17-7-10-22-18(12-17)11-16(2)42-22/h7-10,12-16,27,35H,6,11H2,1-5H3. The highest BCUT2D eigenvalue weighted by atomic mass is 32.1. The molecule has 1 saturated heterocycles. The number of ether oxygens (including phenoxy) is 5. The van der Waals surface area contributed by atoms with Gasteiger partial charge in [0, 0.05) is 12.0 Å². The monoisotopic (exact) mass is 602 g/mol. The van der Waals surface area contributed by atoms with Crippen molar-refractivity contribution in [2.45, 2.75) is 32.4 Å². The highest BCUT2D eigenvalue weighted by molar-refractivity contribution is 7.22. The summed E-state index contributed by atoms with van der Waals surface area (Å²) in [4.78, 5) is 33.6. The minimum Gasteiger partial charge on any atom is -0.507 e. The second kappa shape index (κ2) is 11.1. The van der Waals surface area contributed by atoms with E-state index in [2.05, 4.69) is 0 Å². The van der Waals surface area contributed by atoms with Crippen molar-refractivity contribution in [1.29, 1.82) is 0 Å². The molecule has 3 heterocycles. The van der Waals surface area contributed by atoms with E-state index in [4.69, 9.17) is 28.7 Å². The molecule has 2 atom stereocenters. The summed E-state index contributed by atoms with van der Waals surface area (Å²) in [5.74, 6) is 0.449. The van der Waals surface area contributed by atoms with E-state index in [1.54, 1.807) is 42.5 Å². The average Bonchev–Trinajstić information content (AvgIpc) is 3.67. The molecule has 43 heavy (non-hydrogen) atoms. The molecule has 1 amide bonds. The Labute approximate surface area is 252 Å². The van der Waals surface area contributed by atoms with Gasteiger partial charge < -0.3 is 28.8 Å². The van der Waals surface area contributed by atoms with Gasteiger partial charge in [-0.15, -0.1) is 0 Å². The number of nitrogens with zero attached hydrogens (tertiary/aromatic N) is 2. The van der Waals surface area contributed by atoms with E-state index in [1.807, 2.05) is 19.9 Å². The molecule has 11 heteroatoms. The van der Waals surface area contributed by atoms with Crippen molar-refractivity contribution in [3.63, 3.8) is 0 Å². The zero-order valence-corrected chi connectivity index (χ0v) is 25.1. The molecule has 222 valence electrons. The van der Waals surface area contributed by atoms with Crippen LogP contribution in [0.3, 0.4) is 0 Å². The number of aliphatic hydroxyl groups is 1. The van der Waals surface area contributed by atoms with Crippen molar-refractivity contribution in [1.82, 2.24) is 4.98 Å². The normalized spacial score (nSPS) is 19.0. The first-order chi connectivity index (χ1) is 20.8. The Bertz CT molecular complexity index is 1770. The van der Waals surface area contributed by atoms with Crippen LogP contribution in [-0.2, 0) is 16.0 Å². The van der Waals surface area contributed by atoms with E-state index in [1.165, 1.54) is 37.6 Å². The number of rotatable bonds is 8. The van der Waals surface area contributed by atoms with E-state index in [9.17, 15) is 14.7 Å². The topological polar surface area (TPSA) is 117 Å². The third-order valence-corrected chi connectivity index (χ3v) is 8.50. The van der Waals surface area contributed by atoms with Gasteiger partial charge in [0.2, 0.25) is 5.75 Å². The van der Waals surface area contributed by atoms with Crippen LogP contribution in [0.15, 0.2) is 54.1 Å². The number of thiazole rings is 1. The molecule has 1 fully saturated rings. The lowest BCUT2D eigenvalue weighted by atomic mass is 9.94. The van der Waals surface area contributed by atoms with Crippen molar-refractivity contribution in [2.75, 3.05) is 32.8 Å². The molecule has 4 aromatic rings. The van der Waals surface area contributed by atoms with Gasteiger partial charge in [-0.1, -0.05) is 11.3 Å². The number of hydrogen-bond donors (Lipinski definition) is 1. The number of Topliss-reactive ketones (excluding diaryl/α,β-unsaturated/α-hetero) is 1. The number of carbonyl (C=O) groups is 2. The molecule has 2 unspecified atom stereocenters. The minimum absolute atomic E-state index is 0.000479. The van der Waals surface area contributed by atoms with Gasteiger partial charge in [0.15, 0.2) is 16.6 Å². The molecule has 2 aliphatic heterocycles. The van der Waals surface area contributed by atoms with Gasteiger partial charge in [0.25, 0.3) is 5.78 Å². The van der Waals surface area contributed by atoms with Gasteiger partial charge in [-0.05, 0) is 73.5 Å². The van der Waals surface area contributed by atoms with E-state index < -0.39 is 17.7 Å². The summed E-state index contributed by atoms with van der Waals surface area (Å²) in [5, 5.41) is 12.0. The summed E-state index contributed by atoms with van der Waals surface area (Å²) in [5.41, 5.74) is 2.33. The summed E-state index contributed by atoms with van der Waals surface area (Å²) in [6, 6.07) is 13.0. The zero-order valence-electron chi connectivity index (χ0n) is 24.3. The van der Waals surface area contributed by atoms with Crippen molar-refractivity contribution in [3.05, 3.63) is 70.8 Å². The van der Waals surface area contributed by atoms with E-state index in [-0.39, 0.29) is 17.4 Å². The van der Waals surface area contributed by atoms with Gasteiger partial charge in [0.05, 0.1) is 49.8 Å². The van der Waals surface area contributed by atoms with Crippen LogP contribution >= 0.6 is 11.3 Å². The molecular formula is C32H30N2O8S. The first-order valence-electron chi connectivity index (χ1n) is 13.7. The lowest BCUT2D eigenvalue weighted by molar-refractivity contribution is -0.132. The largest absolute Gasteiger partial charge is 0.507 e. The number of anilines is 1. The fourth-order valence-corrected chi connectivity index (χ4v) is 6.60. The first kappa shape index (κ1) is 28.4. The van der Waals surface area contributed by atoms with Crippen molar-refractivity contribution in [2.24, 2.45) is 0 Å². The van der Waals surface area contributed by atoms with Crippen LogP contribution in [0.5, 0.6) is 28.7 Å². The van der Waals surface area contributed by atoms with E-state index in [0.717, 1.165) is 16.0 Å². The second-order valence-electron chi connectivity index (χ2n) is 10.1. The van der Waals surface area contributed by atoms with Crippen LogP contribution in [0.4, 0.5) is 5.13 Å². The first-order valence-corrected chi connectivity index (χ1v) is 14.5. The lowest BCUT2D eigenvalue weighted by Gasteiger charge is -2.24. The molecule has 0 aliphatic carbocycles. The fraction of sp³-hybridized carbons (Fsp3) is 0.281. The van der Waals surface area contributed by atoms with Gasteiger partial charge in [-0.3, -0.25) is 14.5 Å². The molecular weight excluding hydrogens is 572 g/mol. The van der Waals surface area contributed by atoms with Crippen LogP contribution in [0.2, 0.25) is 0 Å². The molecule has 1 N–H and O–H groups in total. The van der Waals surface area contributed by atoms with Crippen molar-refractivity contribution < 1.29 is 38.4 Å². The smallest absolute Gasteiger partial charge is 0.301 e. The van der Waals surface area contributed by atoms with Gasteiger partial charge >= 0.3 is 5.91 Å². The molecule has 0 spiro atoms. The van der Waals surface area contributed by atoms with Crippen molar-refractivity contribution >= 4 is 44.1 Å². The molecule has 0 bridgehead atoms. The second-order valence-corrected chi connectivity index (χ2v) is 11.2. The summed E-state index contributed by atoms with van der Waals surface area (Å²) < 4.78 is 28.9. The predicted molar refractivity (Wildman–Crippen MR) is 162 cm³/mol. The Kier molecular flexibility index (Phi) is 7.35. The molecule has 0 radical (unpaired) electrons. The third-order valence-electron chi connectivity index (χ3n) is 7.48. The van der Waals surface area contributed by atoms with Gasteiger partial charge in [0.1, 0.15) is 23.4 Å². The molecule has 0 saturated carbocycles. The van der Waals surface area contributed by atoms with Crippen LogP contribution in [0.25, 0.3) is 16.0 Å². The predicted octanol–water partition coefficient (Wildman–Crippen LogP) is 5.67. The number of aliphatic hydroxyl groups excluding tert-OH is 1. The Morgan fingerprint density at radius 2 is 1.79 bits per heavy atom. The van der Waals surface area contributed by atoms with Crippen LogP contribution < -0.4 is 28.6 Å². The minimum atomic E-state index is -1.05. The SMILES string of the molecule is CCOc1ccc2nc(N3C(=O)C(=O)C(=C(O)c4ccc5c(c4)CC(C)O5)C3c3cc(OC)c(OC)c(OC)c3)sc2c1. The summed E-state index contributed by atoms with van der Waals surface area (Å²) in [6.45, 7) is 4.36. The average molecular weight is 603 g/mol. The Hall–Kier alpha value is -4.77. The quantitative estimate of drug-likeness (QED) is 0.155. The number of ketones is 1. The number of benzene rings is 3. The van der Waals surface area contributed by atoms with E-state index in [0.29, 0.717) is 57.8 Å². The molecule has 10 nitrogen and oxygen atoms in total. The number of aromatic nitrogens is 1. The van der Waals surface area contributed by atoms with Crippen LogP contribution in [-0.4, -0.2) is 55.8 Å². The molecule has 6 rings (SSSR count). The Morgan fingerprint density at radius 1 is 1.05 bits per heavy atom. The number of amides is 1. The van der Waals surface area contributed by atoms with Crippen molar-refractivity contribution in [3.8, 4) is 28.7 Å².